The monoisotopic (exact) mass is 602 g/mol. The molecule has 0 saturated carbocycles. The van der Waals surface area contributed by atoms with Crippen LogP contribution in [-0.4, -0.2) is 0 Å². The van der Waals surface area contributed by atoms with Crippen molar-refractivity contribution in [2.45, 2.75) is 34.1 Å². The molecule has 0 atom stereocenters. The van der Waals surface area contributed by atoms with Gasteiger partial charge < -0.3 is 0 Å². The first-order valence-electron chi connectivity index (χ1n) is 16.6. The molecule has 0 aliphatic carbocycles. The van der Waals surface area contributed by atoms with E-state index in [0.29, 0.717) is 0 Å². The quantitative estimate of drug-likeness (QED) is 0.166. The van der Waals surface area contributed by atoms with Gasteiger partial charge in [0.2, 0.25) is 0 Å². The SMILES string of the molecule is C=C(Cc1ccccc1C)c1cc(-c2ccccc2C)c2ccc3c(-c4ccccc4C)cc(-c4ccccc4C)c4ccc1c2c43. The van der Waals surface area contributed by atoms with Gasteiger partial charge in [-0.15, -0.1) is 0 Å². The second-order valence-electron chi connectivity index (χ2n) is 13.2. The molecule has 0 heterocycles. The lowest BCUT2D eigenvalue weighted by Gasteiger charge is -2.23. The van der Waals surface area contributed by atoms with E-state index in [4.69, 9.17) is 6.58 Å². The number of hydrogen-bond acceptors (Lipinski definition) is 0. The third-order valence-electron chi connectivity index (χ3n) is 10.3. The highest BCUT2D eigenvalue weighted by molar-refractivity contribution is 6.31. The van der Waals surface area contributed by atoms with Crippen molar-refractivity contribution in [1.29, 1.82) is 0 Å². The summed E-state index contributed by atoms with van der Waals surface area (Å²) in [6.07, 6.45) is 0.812. The molecule has 0 bridgehead atoms. The van der Waals surface area contributed by atoms with E-state index < -0.39 is 0 Å². The highest BCUT2D eigenvalue weighted by Crippen LogP contribution is 2.48. The van der Waals surface area contributed by atoms with Crippen molar-refractivity contribution in [2.75, 3.05) is 0 Å². The van der Waals surface area contributed by atoms with Crippen LogP contribution in [0.3, 0.4) is 0 Å². The molecule has 0 aliphatic rings. The number of rotatable bonds is 6. The van der Waals surface area contributed by atoms with E-state index in [1.807, 2.05) is 0 Å². The van der Waals surface area contributed by atoms with Gasteiger partial charge in [-0.25, -0.2) is 0 Å². The Hall–Kier alpha value is -5.46. The Morgan fingerprint density at radius 2 is 0.787 bits per heavy atom. The van der Waals surface area contributed by atoms with Crippen LogP contribution >= 0.6 is 0 Å². The van der Waals surface area contributed by atoms with Crippen molar-refractivity contribution in [3.05, 3.63) is 173 Å². The fraction of sp³-hybridized carbons (Fsp3) is 0.106. The minimum absolute atomic E-state index is 0.812. The van der Waals surface area contributed by atoms with Gasteiger partial charge in [-0.2, -0.15) is 0 Å². The van der Waals surface area contributed by atoms with Gasteiger partial charge in [0.1, 0.15) is 0 Å². The van der Waals surface area contributed by atoms with E-state index in [1.54, 1.807) is 0 Å². The Morgan fingerprint density at radius 1 is 0.404 bits per heavy atom. The lowest BCUT2D eigenvalue weighted by Crippen LogP contribution is -1.98. The smallest absolute Gasteiger partial charge is 0.00139 e. The average molecular weight is 603 g/mol. The third kappa shape index (κ3) is 4.75. The Labute approximate surface area is 278 Å². The average Bonchev–Trinajstić information content (AvgIpc) is 3.08. The largest absolute Gasteiger partial charge is 0.0949 e. The van der Waals surface area contributed by atoms with Crippen molar-refractivity contribution in [2.24, 2.45) is 0 Å². The second kappa shape index (κ2) is 11.4. The summed E-state index contributed by atoms with van der Waals surface area (Å²) >= 11 is 0. The van der Waals surface area contributed by atoms with E-state index in [2.05, 4.69) is 161 Å². The molecule has 0 amide bonds. The zero-order valence-corrected chi connectivity index (χ0v) is 27.6. The first kappa shape index (κ1) is 29.0. The molecule has 0 spiro atoms. The lowest BCUT2D eigenvalue weighted by molar-refractivity contribution is 1.23. The Bertz CT molecular complexity index is 2420. The van der Waals surface area contributed by atoms with Crippen molar-refractivity contribution in [3.63, 3.8) is 0 Å². The fourth-order valence-electron chi connectivity index (χ4n) is 7.71. The fourth-order valence-corrected chi connectivity index (χ4v) is 7.71. The van der Waals surface area contributed by atoms with Crippen molar-refractivity contribution in [1.82, 2.24) is 0 Å². The molecular formula is C47H38. The molecule has 0 heteroatoms. The van der Waals surface area contributed by atoms with Crippen molar-refractivity contribution < 1.29 is 0 Å². The molecule has 0 aromatic heterocycles. The number of aryl methyl sites for hydroxylation is 4. The number of allylic oxidation sites excluding steroid dienone is 1. The Balaban J connectivity index is 1.54. The molecule has 226 valence electrons. The van der Waals surface area contributed by atoms with Crippen molar-refractivity contribution >= 4 is 37.9 Å². The molecule has 0 N–H and O–H groups in total. The van der Waals surface area contributed by atoms with Gasteiger partial charge in [0, 0.05) is 0 Å². The summed E-state index contributed by atoms with van der Waals surface area (Å²) < 4.78 is 0. The molecule has 0 fully saturated rings. The van der Waals surface area contributed by atoms with Crippen LogP contribution in [0, 0.1) is 27.7 Å². The van der Waals surface area contributed by atoms with Gasteiger partial charge in [-0.3, -0.25) is 0 Å². The second-order valence-corrected chi connectivity index (χ2v) is 13.2. The highest BCUT2D eigenvalue weighted by atomic mass is 14.3. The predicted molar refractivity (Wildman–Crippen MR) is 205 cm³/mol. The molecule has 0 nitrogen and oxygen atoms in total. The molecule has 0 radical (unpaired) electrons. The molecule has 0 saturated heterocycles. The van der Waals surface area contributed by atoms with Gasteiger partial charge >= 0.3 is 0 Å². The maximum Gasteiger partial charge on any atom is -0.00139 e. The van der Waals surface area contributed by atoms with Gasteiger partial charge in [0.25, 0.3) is 0 Å². The first-order valence-corrected chi connectivity index (χ1v) is 16.6. The lowest BCUT2D eigenvalue weighted by atomic mass is 9.80. The normalized spacial score (nSPS) is 11.6. The molecule has 47 heavy (non-hydrogen) atoms. The van der Waals surface area contributed by atoms with E-state index in [9.17, 15) is 0 Å². The Morgan fingerprint density at radius 3 is 1.26 bits per heavy atom. The van der Waals surface area contributed by atoms with E-state index in [-0.39, 0.29) is 0 Å². The van der Waals surface area contributed by atoms with Crippen LogP contribution in [0.5, 0.6) is 0 Å². The standard InChI is InChI=1S/C47H38/c1-29-14-6-10-18-34(29)26-33(5)42-27-43(35-19-11-7-15-30(35)2)39-24-25-41-45(37-21-13-9-17-32(37)4)28-44(36-20-12-8-16-31(36)3)40-23-22-38(42)46(39)47(40)41/h6-25,27-28H,5,26H2,1-4H3. The molecule has 8 rings (SSSR count). The molecule has 0 unspecified atom stereocenters. The topological polar surface area (TPSA) is 0 Å². The summed E-state index contributed by atoms with van der Waals surface area (Å²) in [4.78, 5) is 0. The van der Waals surface area contributed by atoms with Crippen LogP contribution in [0.1, 0.15) is 33.4 Å². The van der Waals surface area contributed by atoms with Crippen LogP contribution in [-0.2, 0) is 6.42 Å². The summed E-state index contributed by atoms with van der Waals surface area (Å²) in [7, 11) is 0. The van der Waals surface area contributed by atoms with Gasteiger partial charge in [-0.1, -0.05) is 128 Å². The van der Waals surface area contributed by atoms with Gasteiger partial charge in [0.05, 0.1) is 0 Å². The molecule has 8 aromatic rings. The maximum absolute atomic E-state index is 4.75. The van der Waals surface area contributed by atoms with E-state index in [0.717, 1.165) is 12.0 Å². The number of benzene rings is 8. The van der Waals surface area contributed by atoms with E-state index in [1.165, 1.54) is 99.1 Å². The summed E-state index contributed by atoms with van der Waals surface area (Å²) in [5, 5.41) is 7.81. The molecule has 8 aromatic carbocycles. The molecule has 0 aliphatic heterocycles. The highest BCUT2D eigenvalue weighted by Gasteiger charge is 2.22. The van der Waals surface area contributed by atoms with E-state index >= 15 is 0 Å². The van der Waals surface area contributed by atoms with Crippen LogP contribution in [0.25, 0.3) is 71.3 Å². The summed E-state index contributed by atoms with van der Waals surface area (Å²) in [6, 6.07) is 49.4. The Kier molecular flexibility index (Phi) is 7.03. The summed E-state index contributed by atoms with van der Waals surface area (Å²) in [5.41, 5.74) is 16.5. The number of hydrogen-bond donors (Lipinski definition) is 0. The predicted octanol–water partition coefficient (Wildman–Crippen LogP) is 13.1. The molecular weight excluding hydrogens is 565 g/mol. The maximum atomic E-state index is 4.75. The zero-order chi connectivity index (χ0) is 32.2. The van der Waals surface area contributed by atoms with Crippen molar-refractivity contribution in [3.8, 4) is 33.4 Å². The first-order chi connectivity index (χ1) is 22.9. The summed E-state index contributed by atoms with van der Waals surface area (Å²) in [6.45, 7) is 13.6. The van der Waals surface area contributed by atoms with Gasteiger partial charge in [-0.05, 0) is 151 Å². The minimum Gasteiger partial charge on any atom is -0.0949 e. The van der Waals surface area contributed by atoms with Crippen LogP contribution < -0.4 is 0 Å². The minimum atomic E-state index is 0.812. The van der Waals surface area contributed by atoms with Crippen LogP contribution in [0.4, 0.5) is 0 Å². The zero-order valence-electron chi connectivity index (χ0n) is 27.6. The van der Waals surface area contributed by atoms with Crippen LogP contribution in [0.15, 0.2) is 140 Å². The van der Waals surface area contributed by atoms with Crippen LogP contribution in [0.2, 0.25) is 0 Å². The summed E-state index contributed by atoms with van der Waals surface area (Å²) in [5.74, 6) is 0. The third-order valence-corrected chi connectivity index (χ3v) is 10.3. The van der Waals surface area contributed by atoms with Gasteiger partial charge in [0.15, 0.2) is 0 Å².